The van der Waals surface area contributed by atoms with Crippen LogP contribution in [-0.2, 0) is 14.6 Å². The average Bonchev–Trinajstić information content (AvgIpc) is 2.19. The lowest BCUT2D eigenvalue weighted by molar-refractivity contribution is -0.302. The van der Waals surface area contributed by atoms with Crippen LogP contribution in [0, 0.1) is 0 Å². The van der Waals surface area contributed by atoms with E-state index in [1.807, 2.05) is 0 Å². The molecule has 0 aliphatic rings. The number of carbonyl (C=O) groups excluding carboxylic acids is 1. The average molecular weight is 308 g/mol. The molecule has 4 nitrogen and oxygen atoms in total. The largest absolute Gasteiger partial charge is 0.875 e. The van der Waals surface area contributed by atoms with Gasteiger partial charge in [-0.15, -0.1) is 5.76 Å². The third kappa shape index (κ3) is 2.85. The second-order valence-electron chi connectivity index (χ2n) is 3.52. The number of allylic oxidation sites excluding steroid dienone is 2. The summed E-state index contributed by atoms with van der Waals surface area (Å²) in [4.78, 5) is 10.3. The highest BCUT2D eigenvalue weighted by Gasteiger charge is 2.24. The standard InChI is InChI=1S/C11H10Cl2O4S/c1-6(14)11(7(2)15)18(16,17)8-3-4-9(12)10(13)5-8/h3-5,14H,1-2H3/p-1/b11-6+. The van der Waals surface area contributed by atoms with Crippen molar-refractivity contribution in [2.45, 2.75) is 18.7 Å². The normalized spacial score (nSPS) is 13.1. The van der Waals surface area contributed by atoms with Crippen LogP contribution in [0.25, 0.3) is 0 Å². The Balaban J connectivity index is 3.52. The van der Waals surface area contributed by atoms with E-state index in [2.05, 4.69) is 0 Å². The van der Waals surface area contributed by atoms with E-state index in [0.717, 1.165) is 19.9 Å². The number of ketones is 1. The van der Waals surface area contributed by atoms with Crippen molar-refractivity contribution in [2.24, 2.45) is 0 Å². The fraction of sp³-hybridized carbons (Fsp3) is 0.182. The molecule has 18 heavy (non-hydrogen) atoms. The molecule has 7 heteroatoms. The molecular formula is C11H9Cl2O4S-. The Morgan fingerprint density at radius 3 is 2.11 bits per heavy atom. The number of rotatable bonds is 3. The smallest absolute Gasteiger partial charge is 0.209 e. The highest BCUT2D eigenvalue weighted by molar-refractivity contribution is 7.96. The number of hydrogen-bond donors (Lipinski definition) is 0. The monoisotopic (exact) mass is 307 g/mol. The van der Waals surface area contributed by atoms with Crippen molar-refractivity contribution >= 4 is 38.8 Å². The van der Waals surface area contributed by atoms with Gasteiger partial charge < -0.3 is 5.11 Å². The van der Waals surface area contributed by atoms with Gasteiger partial charge in [-0.05, 0) is 25.1 Å². The van der Waals surface area contributed by atoms with E-state index >= 15 is 0 Å². The van der Waals surface area contributed by atoms with Crippen LogP contribution in [0.15, 0.2) is 33.8 Å². The molecule has 0 N–H and O–H groups in total. The lowest BCUT2D eigenvalue weighted by Crippen LogP contribution is -2.18. The molecule has 0 amide bonds. The molecule has 1 aromatic carbocycles. The predicted molar refractivity (Wildman–Crippen MR) is 67.0 cm³/mol. The molecule has 0 aromatic heterocycles. The van der Waals surface area contributed by atoms with Gasteiger partial charge in [-0.3, -0.25) is 4.79 Å². The van der Waals surface area contributed by atoms with Crippen molar-refractivity contribution in [1.29, 1.82) is 0 Å². The summed E-state index contributed by atoms with van der Waals surface area (Å²) in [5, 5.41) is 11.5. The number of halogens is 2. The van der Waals surface area contributed by atoms with Gasteiger partial charge in [0, 0.05) is 0 Å². The summed E-state index contributed by atoms with van der Waals surface area (Å²) in [6.07, 6.45) is 0. The molecule has 1 aromatic rings. The highest BCUT2D eigenvalue weighted by Crippen LogP contribution is 2.28. The van der Waals surface area contributed by atoms with Crippen LogP contribution in [0.1, 0.15) is 13.8 Å². The van der Waals surface area contributed by atoms with Gasteiger partial charge in [-0.25, -0.2) is 8.42 Å². The molecule has 0 unspecified atom stereocenters. The van der Waals surface area contributed by atoms with Gasteiger partial charge in [-0.2, -0.15) is 0 Å². The third-order valence-electron chi connectivity index (χ3n) is 2.11. The van der Waals surface area contributed by atoms with E-state index in [-0.39, 0.29) is 14.9 Å². The van der Waals surface area contributed by atoms with Gasteiger partial charge in [-0.1, -0.05) is 30.1 Å². The predicted octanol–water partition coefficient (Wildman–Crippen LogP) is 1.95. The summed E-state index contributed by atoms with van der Waals surface area (Å²) in [6.45, 7) is 2.04. The Morgan fingerprint density at radius 1 is 1.17 bits per heavy atom. The van der Waals surface area contributed by atoms with Crippen LogP contribution >= 0.6 is 23.2 Å². The minimum atomic E-state index is -4.16. The van der Waals surface area contributed by atoms with Crippen LogP contribution in [-0.4, -0.2) is 14.2 Å². The van der Waals surface area contributed by atoms with Gasteiger partial charge in [0.1, 0.15) is 4.91 Å². The zero-order valence-electron chi connectivity index (χ0n) is 9.53. The highest BCUT2D eigenvalue weighted by atomic mass is 35.5. The molecule has 0 aliphatic carbocycles. The molecule has 0 heterocycles. The Bertz CT molecular complexity index is 628. The van der Waals surface area contributed by atoms with Crippen LogP contribution in [0.3, 0.4) is 0 Å². The molecular weight excluding hydrogens is 299 g/mol. The number of benzene rings is 1. The quantitative estimate of drug-likeness (QED) is 0.632. The zero-order chi connectivity index (χ0) is 14.1. The number of Topliss-reactive ketones (excluding diaryl/α,β-unsaturated/α-hetero) is 1. The van der Waals surface area contributed by atoms with Crippen molar-refractivity contribution in [3.63, 3.8) is 0 Å². The number of hydrogen-bond acceptors (Lipinski definition) is 4. The minimum absolute atomic E-state index is 0.0317. The summed E-state index contributed by atoms with van der Waals surface area (Å²) in [5.74, 6) is -1.62. The maximum Gasteiger partial charge on any atom is 0.209 e. The van der Waals surface area contributed by atoms with Crippen LogP contribution in [0.4, 0.5) is 0 Å². The summed E-state index contributed by atoms with van der Waals surface area (Å²) in [6, 6.07) is 3.58. The Kier molecular flexibility index (Phi) is 4.42. The number of carbonyl (C=O) groups is 1. The first-order valence-electron chi connectivity index (χ1n) is 4.77. The van der Waals surface area contributed by atoms with E-state index in [1.165, 1.54) is 12.1 Å². The van der Waals surface area contributed by atoms with Gasteiger partial charge in [0.25, 0.3) is 0 Å². The van der Waals surface area contributed by atoms with Crippen molar-refractivity contribution in [2.75, 3.05) is 0 Å². The second kappa shape index (κ2) is 5.30. The van der Waals surface area contributed by atoms with Crippen molar-refractivity contribution in [3.05, 3.63) is 38.9 Å². The Labute approximate surface area is 115 Å². The molecule has 0 spiro atoms. The van der Waals surface area contributed by atoms with E-state index in [1.54, 1.807) is 0 Å². The van der Waals surface area contributed by atoms with Gasteiger partial charge in [0.2, 0.25) is 9.84 Å². The van der Waals surface area contributed by atoms with Crippen LogP contribution < -0.4 is 5.11 Å². The lowest BCUT2D eigenvalue weighted by Gasteiger charge is -2.14. The van der Waals surface area contributed by atoms with Gasteiger partial charge >= 0.3 is 0 Å². The SMILES string of the molecule is CC(=O)/C(=C(/C)[O-])S(=O)(=O)c1ccc(Cl)c(Cl)c1. The van der Waals surface area contributed by atoms with Crippen LogP contribution in [0.2, 0.25) is 10.0 Å². The number of sulfone groups is 1. The first-order valence-corrected chi connectivity index (χ1v) is 7.00. The molecule has 0 atom stereocenters. The Hall–Kier alpha value is -1.04. The maximum atomic E-state index is 12.1. The first-order chi connectivity index (χ1) is 8.17. The van der Waals surface area contributed by atoms with Crippen molar-refractivity contribution in [1.82, 2.24) is 0 Å². The molecule has 98 valence electrons. The van der Waals surface area contributed by atoms with E-state index in [0.29, 0.717) is 0 Å². The molecule has 0 fully saturated rings. The molecule has 0 aliphatic heterocycles. The third-order valence-corrected chi connectivity index (χ3v) is 4.84. The zero-order valence-corrected chi connectivity index (χ0v) is 11.9. The first kappa shape index (κ1) is 15.0. The molecule has 0 bridgehead atoms. The summed E-state index contributed by atoms with van der Waals surface area (Å²) in [5.41, 5.74) is 0. The molecule has 0 saturated heterocycles. The van der Waals surface area contributed by atoms with Crippen molar-refractivity contribution < 1.29 is 18.3 Å². The summed E-state index contributed by atoms with van der Waals surface area (Å²) < 4.78 is 24.2. The summed E-state index contributed by atoms with van der Waals surface area (Å²) in [7, 11) is -4.16. The minimum Gasteiger partial charge on any atom is -0.875 e. The van der Waals surface area contributed by atoms with E-state index in [4.69, 9.17) is 23.2 Å². The van der Waals surface area contributed by atoms with Gasteiger partial charge in [0.15, 0.2) is 5.78 Å². The van der Waals surface area contributed by atoms with E-state index < -0.39 is 26.3 Å². The van der Waals surface area contributed by atoms with Crippen molar-refractivity contribution in [3.8, 4) is 0 Å². The molecule has 0 radical (unpaired) electrons. The molecule has 0 saturated carbocycles. The summed E-state index contributed by atoms with van der Waals surface area (Å²) >= 11 is 11.4. The molecule has 1 rings (SSSR count). The van der Waals surface area contributed by atoms with E-state index in [9.17, 15) is 18.3 Å². The fourth-order valence-electron chi connectivity index (χ4n) is 1.39. The maximum absolute atomic E-state index is 12.1. The second-order valence-corrected chi connectivity index (χ2v) is 6.22. The lowest BCUT2D eigenvalue weighted by atomic mass is 10.3. The van der Waals surface area contributed by atoms with Gasteiger partial charge in [0.05, 0.1) is 14.9 Å². The fourth-order valence-corrected chi connectivity index (χ4v) is 3.26. The van der Waals surface area contributed by atoms with Crippen LogP contribution in [0.5, 0.6) is 0 Å². The Morgan fingerprint density at radius 2 is 1.72 bits per heavy atom. The topological polar surface area (TPSA) is 74.3 Å².